The Morgan fingerprint density at radius 1 is 1.30 bits per heavy atom. The van der Waals surface area contributed by atoms with Crippen molar-refractivity contribution in [3.05, 3.63) is 34.6 Å². The van der Waals surface area contributed by atoms with Gasteiger partial charge in [-0.1, -0.05) is 21.1 Å². The van der Waals surface area contributed by atoms with Crippen LogP contribution >= 0.6 is 15.9 Å². The van der Waals surface area contributed by atoms with E-state index in [4.69, 9.17) is 4.52 Å². The fourth-order valence-corrected chi connectivity index (χ4v) is 3.03. The first-order valence-corrected chi connectivity index (χ1v) is 8.43. The largest absolute Gasteiger partial charge is 0.337 e. The molecule has 1 fully saturated rings. The Balaban J connectivity index is 1.85. The number of benzene rings is 1. The van der Waals surface area contributed by atoms with Crippen molar-refractivity contribution in [3.8, 4) is 11.4 Å². The molecule has 1 aromatic heterocycles. The van der Waals surface area contributed by atoms with E-state index in [1.807, 2.05) is 29.2 Å². The molecule has 0 spiro atoms. The number of nitrogens with zero attached hydrogens (tertiary/aromatic N) is 4. The Kier molecular flexibility index (Phi) is 4.66. The van der Waals surface area contributed by atoms with Crippen LogP contribution in [-0.2, 0) is 0 Å². The molecule has 2 aromatic rings. The molecule has 0 unspecified atom stereocenters. The monoisotopic (exact) mass is 378 g/mol. The number of piperidine rings is 1. The number of hydrogen-bond donors (Lipinski definition) is 0. The standard InChI is InChI=1S/C16H19BrN4O2/c1-20(2)16(22)21-10-4-3-5-13(21)15-18-14(19-23-15)11-6-8-12(17)9-7-11/h6-9,13H,3-5,10H2,1-2H3/t13-/m0/s1. The van der Waals surface area contributed by atoms with Crippen LogP contribution in [0.5, 0.6) is 0 Å². The molecule has 0 radical (unpaired) electrons. The molecule has 1 aromatic carbocycles. The highest BCUT2D eigenvalue weighted by molar-refractivity contribution is 9.10. The summed E-state index contributed by atoms with van der Waals surface area (Å²) in [6.07, 6.45) is 2.91. The first-order chi connectivity index (χ1) is 11.1. The summed E-state index contributed by atoms with van der Waals surface area (Å²) in [7, 11) is 3.52. The Hall–Kier alpha value is -1.89. The van der Waals surface area contributed by atoms with Crippen LogP contribution < -0.4 is 0 Å². The van der Waals surface area contributed by atoms with Crippen molar-refractivity contribution in [1.82, 2.24) is 19.9 Å². The Bertz CT molecular complexity index is 684. The van der Waals surface area contributed by atoms with Gasteiger partial charge in [-0.05, 0) is 43.5 Å². The van der Waals surface area contributed by atoms with Crippen LogP contribution in [0.1, 0.15) is 31.2 Å². The first kappa shape index (κ1) is 16.0. The Labute approximate surface area is 143 Å². The summed E-state index contributed by atoms with van der Waals surface area (Å²) in [6, 6.07) is 7.58. The van der Waals surface area contributed by atoms with Gasteiger partial charge in [0.05, 0.1) is 0 Å². The smallest absolute Gasteiger partial charge is 0.320 e. The van der Waals surface area contributed by atoms with Gasteiger partial charge in [0.1, 0.15) is 6.04 Å². The second kappa shape index (κ2) is 6.70. The average molecular weight is 379 g/mol. The van der Waals surface area contributed by atoms with E-state index in [9.17, 15) is 4.79 Å². The lowest BCUT2D eigenvalue weighted by atomic mass is 10.0. The van der Waals surface area contributed by atoms with E-state index in [1.54, 1.807) is 19.0 Å². The minimum absolute atomic E-state index is 0.0157. The molecule has 6 nitrogen and oxygen atoms in total. The third kappa shape index (κ3) is 3.39. The number of rotatable bonds is 2. The van der Waals surface area contributed by atoms with Crippen molar-refractivity contribution in [2.45, 2.75) is 25.3 Å². The Morgan fingerprint density at radius 3 is 2.74 bits per heavy atom. The third-order valence-electron chi connectivity index (χ3n) is 3.96. The van der Waals surface area contributed by atoms with Crippen molar-refractivity contribution in [2.24, 2.45) is 0 Å². The zero-order valence-corrected chi connectivity index (χ0v) is 14.8. The fourth-order valence-electron chi connectivity index (χ4n) is 2.76. The van der Waals surface area contributed by atoms with Gasteiger partial charge in [0.15, 0.2) is 0 Å². The van der Waals surface area contributed by atoms with Crippen LogP contribution in [0.15, 0.2) is 33.3 Å². The molecule has 0 bridgehead atoms. The molecule has 3 rings (SSSR count). The summed E-state index contributed by atoms with van der Waals surface area (Å²) in [5.41, 5.74) is 0.893. The molecule has 1 atom stereocenters. The molecule has 2 amide bonds. The van der Waals surface area contributed by atoms with E-state index in [0.717, 1.165) is 35.8 Å². The molecule has 1 saturated heterocycles. The number of halogens is 1. The molecule has 7 heteroatoms. The quantitative estimate of drug-likeness (QED) is 0.798. The molecule has 0 aliphatic carbocycles. The normalized spacial score (nSPS) is 18.0. The first-order valence-electron chi connectivity index (χ1n) is 7.63. The van der Waals surface area contributed by atoms with Crippen LogP contribution in [0.2, 0.25) is 0 Å². The minimum atomic E-state index is -0.143. The van der Waals surface area contributed by atoms with Crippen LogP contribution in [0.25, 0.3) is 11.4 Å². The number of aromatic nitrogens is 2. The van der Waals surface area contributed by atoms with Crippen LogP contribution in [0.4, 0.5) is 4.79 Å². The number of carbonyl (C=O) groups is 1. The van der Waals surface area contributed by atoms with E-state index >= 15 is 0 Å². The highest BCUT2D eigenvalue weighted by atomic mass is 79.9. The van der Waals surface area contributed by atoms with E-state index in [-0.39, 0.29) is 12.1 Å². The number of hydrogen-bond acceptors (Lipinski definition) is 4. The predicted octanol–water partition coefficient (Wildman–Crippen LogP) is 3.71. The molecule has 122 valence electrons. The van der Waals surface area contributed by atoms with Gasteiger partial charge in [-0.2, -0.15) is 4.98 Å². The van der Waals surface area contributed by atoms with Gasteiger partial charge in [0, 0.05) is 30.7 Å². The average Bonchev–Trinajstić information content (AvgIpc) is 3.04. The summed E-state index contributed by atoms with van der Waals surface area (Å²) >= 11 is 3.41. The third-order valence-corrected chi connectivity index (χ3v) is 4.49. The molecule has 1 aliphatic heterocycles. The van der Waals surface area contributed by atoms with Gasteiger partial charge in [-0.3, -0.25) is 0 Å². The van der Waals surface area contributed by atoms with Crippen LogP contribution in [0.3, 0.4) is 0 Å². The SMILES string of the molecule is CN(C)C(=O)N1CCCC[C@H]1c1nc(-c2ccc(Br)cc2)no1. The summed E-state index contributed by atoms with van der Waals surface area (Å²) in [4.78, 5) is 20.3. The van der Waals surface area contributed by atoms with Crippen molar-refractivity contribution >= 4 is 22.0 Å². The molecule has 0 saturated carbocycles. The molecule has 2 heterocycles. The summed E-state index contributed by atoms with van der Waals surface area (Å²) in [5, 5.41) is 4.08. The molecular formula is C16H19BrN4O2. The summed E-state index contributed by atoms with van der Waals surface area (Å²) in [6.45, 7) is 0.720. The van der Waals surface area contributed by atoms with E-state index < -0.39 is 0 Å². The van der Waals surface area contributed by atoms with Crippen LogP contribution in [-0.4, -0.2) is 46.6 Å². The maximum absolute atomic E-state index is 12.4. The minimum Gasteiger partial charge on any atom is -0.337 e. The number of urea groups is 1. The lowest BCUT2D eigenvalue weighted by molar-refractivity contribution is 0.113. The zero-order chi connectivity index (χ0) is 16.4. The maximum atomic E-state index is 12.4. The number of likely N-dealkylation sites (tertiary alicyclic amines) is 1. The highest BCUT2D eigenvalue weighted by Gasteiger charge is 2.33. The number of amides is 2. The van der Waals surface area contributed by atoms with Gasteiger partial charge >= 0.3 is 6.03 Å². The van der Waals surface area contributed by atoms with Gasteiger partial charge in [0.2, 0.25) is 11.7 Å². The molecule has 0 N–H and O–H groups in total. The topological polar surface area (TPSA) is 62.5 Å². The van der Waals surface area contributed by atoms with E-state index in [0.29, 0.717) is 11.7 Å². The highest BCUT2D eigenvalue weighted by Crippen LogP contribution is 2.31. The maximum Gasteiger partial charge on any atom is 0.320 e. The van der Waals surface area contributed by atoms with Crippen molar-refractivity contribution in [1.29, 1.82) is 0 Å². The van der Waals surface area contributed by atoms with Crippen LogP contribution in [0, 0.1) is 0 Å². The molecule has 23 heavy (non-hydrogen) atoms. The lowest BCUT2D eigenvalue weighted by Gasteiger charge is -2.35. The summed E-state index contributed by atoms with van der Waals surface area (Å²) in [5.74, 6) is 1.06. The number of carbonyl (C=O) groups excluding carboxylic acids is 1. The molecule has 1 aliphatic rings. The second-order valence-electron chi connectivity index (χ2n) is 5.85. The zero-order valence-electron chi connectivity index (χ0n) is 13.2. The van der Waals surface area contributed by atoms with E-state index in [2.05, 4.69) is 26.1 Å². The van der Waals surface area contributed by atoms with Gasteiger partial charge in [-0.25, -0.2) is 4.79 Å². The van der Waals surface area contributed by atoms with E-state index in [1.165, 1.54) is 0 Å². The lowest BCUT2D eigenvalue weighted by Crippen LogP contribution is -2.44. The van der Waals surface area contributed by atoms with Gasteiger partial charge < -0.3 is 14.3 Å². The second-order valence-corrected chi connectivity index (χ2v) is 6.76. The van der Waals surface area contributed by atoms with Gasteiger partial charge in [0.25, 0.3) is 0 Å². The predicted molar refractivity (Wildman–Crippen MR) is 89.8 cm³/mol. The van der Waals surface area contributed by atoms with Crippen molar-refractivity contribution < 1.29 is 9.32 Å². The molecular weight excluding hydrogens is 360 g/mol. The fraction of sp³-hybridized carbons (Fsp3) is 0.438. The van der Waals surface area contributed by atoms with Crippen molar-refractivity contribution in [2.75, 3.05) is 20.6 Å². The van der Waals surface area contributed by atoms with Gasteiger partial charge in [-0.15, -0.1) is 0 Å². The van der Waals surface area contributed by atoms with Crippen molar-refractivity contribution in [3.63, 3.8) is 0 Å². The summed E-state index contributed by atoms with van der Waals surface area (Å²) < 4.78 is 6.46. The Morgan fingerprint density at radius 2 is 2.04 bits per heavy atom.